The van der Waals surface area contributed by atoms with Crippen molar-refractivity contribution in [1.29, 1.82) is 0 Å². The highest BCUT2D eigenvalue weighted by atomic mass is 15.4. The van der Waals surface area contributed by atoms with Crippen LogP contribution in [0.5, 0.6) is 0 Å². The fourth-order valence-corrected chi connectivity index (χ4v) is 0.643. The molecule has 1 aliphatic heterocycles. The highest BCUT2D eigenvalue weighted by Gasteiger charge is 2.11. The zero-order valence-corrected chi connectivity index (χ0v) is 5.81. The molecule has 4 N–H and O–H groups in total. The minimum atomic E-state index is 0.568. The van der Waals surface area contributed by atoms with Crippen molar-refractivity contribution < 1.29 is 0 Å². The van der Waals surface area contributed by atoms with Gasteiger partial charge in [-0.25, -0.2) is 4.99 Å². The van der Waals surface area contributed by atoms with Crippen LogP contribution >= 0.6 is 0 Å². The average Bonchev–Trinajstić information content (AvgIpc) is 2.20. The first-order valence-corrected chi connectivity index (χ1v) is 2.95. The van der Waals surface area contributed by atoms with Gasteiger partial charge in [0.25, 0.3) is 0 Å². The van der Waals surface area contributed by atoms with Gasteiger partial charge < -0.3 is 5.73 Å². The van der Waals surface area contributed by atoms with Crippen LogP contribution in [0.3, 0.4) is 0 Å². The second kappa shape index (κ2) is 2.43. The predicted molar refractivity (Wildman–Crippen MR) is 40.8 cm³/mol. The summed E-state index contributed by atoms with van der Waals surface area (Å²) in [4.78, 5) is 3.95. The molecule has 4 nitrogen and oxygen atoms in total. The number of aliphatic imine (C=N–C) groups is 1. The predicted octanol–water partition coefficient (Wildman–Crippen LogP) is -0.174. The van der Waals surface area contributed by atoms with Gasteiger partial charge in [0.05, 0.1) is 5.70 Å². The van der Waals surface area contributed by atoms with Gasteiger partial charge in [0, 0.05) is 6.21 Å². The van der Waals surface area contributed by atoms with E-state index in [2.05, 4.69) is 22.4 Å². The van der Waals surface area contributed by atoms with Crippen molar-refractivity contribution in [2.75, 3.05) is 0 Å². The van der Waals surface area contributed by atoms with E-state index in [0.717, 1.165) is 0 Å². The Balaban J connectivity index is 2.85. The molecule has 0 fully saturated rings. The van der Waals surface area contributed by atoms with Crippen LogP contribution in [0.2, 0.25) is 0 Å². The molecule has 1 rings (SSSR count). The number of hydrazine groups is 1. The zero-order valence-electron chi connectivity index (χ0n) is 5.81. The monoisotopic (exact) mass is 138 g/mol. The fourth-order valence-electron chi connectivity index (χ4n) is 0.643. The van der Waals surface area contributed by atoms with E-state index >= 15 is 0 Å². The second-order valence-electron chi connectivity index (χ2n) is 1.88. The Morgan fingerprint density at radius 2 is 2.30 bits per heavy atom. The van der Waals surface area contributed by atoms with E-state index in [0.29, 0.717) is 17.2 Å². The molecule has 0 spiro atoms. The maximum absolute atomic E-state index is 5.55. The van der Waals surface area contributed by atoms with Gasteiger partial charge in [-0.1, -0.05) is 6.58 Å². The highest BCUT2D eigenvalue weighted by molar-refractivity contribution is 5.56. The van der Waals surface area contributed by atoms with Crippen LogP contribution in [0.1, 0.15) is 6.92 Å². The fraction of sp³-hybridized carbons (Fsp3) is 0.167. The summed E-state index contributed by atoms with van der Waals surface area (Å²) in [7, 11) is 0. The lowest BCUT2D eigenvalue weighted by molar-refractivity contribution is 0.744. The number of nitrogens with zero attached hydrogens (tertiary/aromatic N) is 1. The normalized spacial score (nSPS) is 17.9. The number of nitrogens with one attached hydrogen (secondary N) is 2. The van der Waals surface area contributed by atoms with Crippen LogP contribution < -0.4 is 16.6 Å². The van der Waals surface area contributed by atoms with Crippen molar-refractivity contribution >= 4 is 6.21 Å². The molecule has 0 amide bonds. The summed E-state index contributed by atoms with van der Waals surface area (Å²) in [6.07, 6.45) is 1.66. The summed E-state index contributed by atoms with van der Waals surface area (Å²) < 4.78 is 0. The maximum Gasteiger partial charge on any atom is 0.169 e. The van der Waals surface area contributed by atoms with Crippen LogP contribution in [-0.2, 0) is 0 Å². The number of nitrogens with two attached hydrogens (primary N) is 1. The number of hydrogen-bond donors (Lipinski definition) is 3. The Morgan fingerprint density at radius 1 is 1.60 bits per heavy atom. The van der Waals surface area contributed by atoms with Gasteiger partial charge >= 0.3 is 0 Å². The minimum absolute atomic E-state index is 0.568. The Hall–Kier alpha value is -1.45. The van der Waals surface area contributed by atoms with E-state index in [-0.39, 0.29) is 0 Å². The second-order valence-corrected chi connectivity index (χ2v) is 1.88. The molecule has 54 valence electrons. The third-order valence-electron chi connectivity index (χ3n) is 1.17. The first-order chi connectivity index (χ1) is 4.75. The lowest BCUT2D eigenvalue weighted by Crippen LogP contribution is -2.21. The number of hydrogen-bond acceptors (Lipinski definition) is 4. The van der Waals surface area contributed by atoms with Crippen molar-refractivity contribution in [3.63, 3.8) is 0 Å². The van der Waals surface area contributed by atoms with Gasteiger partial charge in [-0.05, 0) is 6.92 Å². The molecule has 0 unspecified atom stereocenters. The molecular formula is C6H10N4. The molecule has 0 saturated heterocycles. The molecular weight excluding hydrogens is 128 g/mol. The highest BCUT2D eigenvalue weighted by Crippen LogP contribution is 2.08. The van der Waals surface area contributed by atoms with Crippen molar-refractivity contribution in [3.05, 3.63) is 23.8 Å². The van der Waals surface area contributed by atoms with Gasteiger partial charge in [-0.3, -0.25) is 10.9 Å². The summed E-state index contributed by atoms with van der Waals surface area (Å²) in [6.45, 7) is 5.46. The smallest absolute Gasteiger partial charge is 0.169 e. The van der Waals surface area contributed by atoms with Crippen LogP contribution in [0.4, 0.5) is 0 Å². The average molecular weight is 138 g/mol. The molecule has 0 aliphatic carbocycles. The Bertz CT molecular complexity index is 214. The molecule has 1 heterocycles. The zero-order chi connectivity index (χ0) is 7.56. The molecule has 0 aromatic rings. The Kier molecular flexibility index (Phi) is 1.62. The summed E-state index contributed by atoms with van der Waals surface area (Å²) in [5.74, 6) is 0.632. The van der Waals surface area contributed by atoms with E-state index < -0.39 is 0 Å². The quantitative estimate of drug-likeness (QED) is 0.441. The standard InChI is InChI=1S/C6H10N4/c1-3-8-6-5(7)4(2)9-10-6/h3,9-10H,2,7H2,1H3/b8-3+. The van der Waals surface area contributed by atoms with Crippen molar-refractivity contribution in [2.24, 2.45) is 10.7 Å². The lowest BCUT2D eigenvalue weighted by atomic mass is 10.4. The molecule has 4 heteroatoms. The van der Waals surface area contributed by atoms with E-state index in [1.54, 1.807) is 6.21 Å². The summed E-state index contributed by atoms with van der Waals surface area (Å²) >= 11 is 0. The van der Waals surface area contributed by atoms with Crippen LogP contribution in [0.15, 0.2) is 28.8 Å². The minimum Gasteiger partial charge on any atom is -0.394 e. The van der Waals surface area contributed by atoms with E-state index in [4.69, 9.17) is 5.73 Å². The van der Waals surface area contributed by atoms with E-state index in [9.17, 15) is 0 Å². The molecule has 0 atom stereocenters. The first kappa shape index (κ1) is 6.67. The molecule has 0 aromatic heterocycles. The van der Waals surface area contributed by atoms with Crippen molar-refractivity contribution in [2.45, 2.75) is 6.92 Å². The van der Waals surface area contributed by atoms with Crippen LogP contribution in [0, 0.1) is 0 Å². The largest absolute Gasteiger partial charge is 0.394 e. The molecule has 0 aromatic carbocycles. The Labute approximate surface area is 59.5 Å². The topological polar surface area (TPSA) is 62.4 Å². The molecule has 0 bridgehead atoms. The van der Waals surface area contributed by atoms with Crippen LogP contribution in [0.25, 0.3) is 0 Å². The van der Waals surface area contributed by atoms with Crippen molar-refractivity contribution in [3.8, 4) is 0 Å². The van der Waals surface area contributed by atoms with Gasteiger partial charge in [0.2, 0.25) is 0 Å². The Morgan fingerprint density at radius 3 is 2.70 bits per heavy atom. The molecule has 0 saturated carbocycles. The van der Waals surface area contributed by atoms with Gasteiger partial charge in [0.1, 0.15) is 5.70 Å². The van der Waals surface area contributed by atoms with Gasteiger partial charge in [-0.15, -0.1) is 0 Å². The number of rotatable bonds is 1. The van der Waals surface area contributed by atoms with Crippen molar-refractivity contribution in [1.82, 2.24) is 10.9 Å². The van der Waals surface area contributed by atoms with E-state index in [1.807, 2.05) is 6.92 Å². The summed E-state index contributed by atoms with van der Waals surface area (Å²) in [5, 5.41) is 0. The summed E-state index contributed by atoms with van der Waals surface area (Å²) in [6, 6.07) is 0. The first-order valence-electron chi connectivity index (χ1n) is 2.95. The molecule has 10 heavy (non-hydrogen) atoms. The SMILES string of the molecule is C=C1NNC(/N=C/C)=C1N. The van der Waals surface area contributed by atoms with Crippen LogP contribution in [-0.4, -0.2) is 6.21 Å². The van der Waals surface area contributed by atoms with Gasteiger partial charge in [-0.2, -0.15) is 0 Å². The maximum atomic E-state index is 5.55. The molecule has 1 aliphatic rings. The van der Waals surface area contributed by atoms with E-state index in [1.165, 1.54) is 0 Å². The third kappa shape index (κ3) is 0.953. The van der Waals surface area contributed by atoms with Gasteiger partial charge in [0.15, 0.2) is 5.82 Å². The lowest BCUT2D eigenvalue weighted by Gasteiger charge is -1.94. The molecule has 0 radical (unpaired) electrons. The third-order valence-corrected chi connectivity index (χ3v) is 1.17. The summed E-state index contributed by atoms with van der Waals surface area (Å²) in [5.41, 5.74) is 12.3.